The van der Waals surface area contributed by atoms with Crippen LogP contribution in [0.4, 0.5) is 4.39 Å². The van der Waals surface area contributed by atoms with Crippen LogP contribution >= 0.6 is 0 Å². The molecular weight excluding hydrogens is 167 g/mol. The monoisotopic (exact) mass is 184 g/mol. The standard InChI is InChI=1S/C11H17FO/c1-3-4-10-7-11(13-8-12)6-5-9(10)2/h4,11H,2-3,5-8H2,1H3/b10-4-. The summed E-state index contributed by atoms with van der Waals surface area (Å²) in [6.45, 7) is 5.42. The molecule has 0 aromatic rings. The van der Waals surface area contributed by atoms with Gasteiger partial charge in [-0.15, -0.1) is 0 Å². The summed E-state index contributed by atoms with van der Waals surface area (Å²) in [6, 6.07) is 0. The highest BCUT2D eigenvalue weighted by atomic mass is 19.1. The van der Waals surface area contributed by atoms with E-state index in [2.05, 4.69) is 19.6 Å². The summed E-state index contributed by atoms with van der Waals surface area (Å²) < 4.78 is 16.9. The van der Waals surface area contributed by atoms with Gasteiger partial charge < -0.3 is 4.74 Å². The van der Waals surface area contributed by atoms with Crippen LogP contribution in [-0.4, -0.2) is 13.0 Å². The highest BCUT2D eigenvalue weighted by Crippen LogP contribution is 2.29. The molecule has 74 valence electrons. The Kier molecular flexibility index (Phi) is 4.16. The predicted octanol–water partition coefficient (Wildman–Crippen LogP) is 3.38. The van der Waals surface area contributed by atoms with Gasteiger partial charge in [-0.05, 0) is 31.3 Å². The van der Waals surface area contributed by atoms with Crippen molar-refractivity contribution in [1.29, 1.82) is 0 Å². The van der Waals surface area contributed by atoms with Crippen LogP contribution in [0.15, 0.2) is 23.8 Å². The number of alkyl halides is 1. The van der Waals surface area contributed by atoms with Crippen molar-refractivity contribution < 1.29 is 9.13 Å². The van der Waals surface area contributed by atoms with Crippen LogP contribution in [0.1, 0.15) is 32.6 Å². The molecule has 1 atom stereocenters. The fourth-order valence-electron chi connectivity index (χ4n) is 1.69. The molecule has 0 saturated heterocycles. The first-order chi connectivity index (χ1) is 6.27. The minimum absolute atomic E-state index is 0.0632. The largest absolute Gasteiger partial charge is 0.347 e. The van der Waals surface area contributed by atoms with Crippen molar-refractivity contribution in [1.82, 2.24) is 0 Å². The first kappa shape index (κ1) is 10.5. The van der Waals surface area contributed by atoms with Gasteiger partial charge in [-0.3, -0.25) is 0 Å². The summed E-state index contributed by atoms with van der Waals surface area (Å²) in [6.07, 6.45) is 5.91. The molecule has 0 aromatic heterocycles. The molecule has 2 heteroatoms. The van der Waals surface area contributed by atoms with Crippen molar-refractivity contribution >= 4 is 0 Å². The van der Waals surface area contributed by atoms with Gasteiger partial charge in [-0.1, -0.05) is 25.2 Å². The molecule has 0 aliphatic heterocycles. The van der Waals surface area contributed by atoms with Crippen LogP contribution in [0.5, 0.6) is 0 Å². The van der Waals surface area contributed by atoms with Gasteiger partial charge in [-0.2, -0.15) is 0 Å². The van der Waals surface area contributed by atoms with Gasteiger partial charge in [0.2, 0.25) is 0 Å². The van der Waals surface area contributed by atoms with E-state index in [1.165, 1.54) is 11.1 Å². The minimum Gasteiger partial charge on any atom is -0.347 e. The second kappa shape index (κ2) is 5.18. The maximum Gasteiger partial charge on any atom is 0.188 e. The van der Waals surface area contributed by atoms with Gasteiger partial charge in [0.1, 0.15) is 0 Å². The lowest BCUT2D eigenvalue weighted by Crippen LogP contribution is -2.18. The highest BCUT2D eigenvalue weighted by Gasteiger charge is 2.19. The Bertz CT molecular complexity index is 208. The van der Waals surface area contributed by atoms with Gasteiger partial charge >= 0.3 is 0 Å². The third-order valence-corrected chi connectivity index (χ3v) is 2.42. The fourth-order valence-corrected chi connectivity index (χ4v) is 1.69. The Morgan fingerprint density at radius 1 is 1.69 bits per heavy atom. The second-order valence-electron chi connectivity index (χ2n) is 3.38. The Hall–Kier alpha value is -0.630. The molecule has 1 fully saturated rings. The minimum atomic E-state index is -0.670. The van der Waals surface area contributed by atoms with E-state index >= 15 is 0 Å². The summed E-state index contributed by atoms with van der Waals surface area (Å²) in [4.78, 5) is 0. The van der Waals surface area contributed by atoms with E-state index in [0.717, 1.165) is 25.7 Å². The quantitative estimate of drug-likeness (QED) is 0.653. The van der Waals surface area contributed by atoms with Gasteiger partial charge in [0, 0.05) is 0 Å². The number of rotatable bonds is 3. The zero-order chi connectivity index (χ0) is 9.68. The van der Waals surface area contributed by atoms with E-state index < -0.39 is 6.86 Å². The van der Waals surface area contributed by atoms with Gasteiger partial charge in [0.05, 0.1) is 6.10 Å². The smallest absolute Gasteiger partial charge is 0.188 e. The van der Waals surface area contributed by atoms with Crippen molar-refractivity contribution in [2.24, 2.45) is 0 Å². The van der Waals surface area contributed by atoms with Crippen molar-refractivity contribution in [3.8, 4) is 0 Å². The van der Waals surface area contributed by atoms with Crippen molar-refractivity contribution in [3.63, 3.8) is 0 Å². The van der Waals surface area contributed by atoms with E-state index in [-0.39, 0.29) is 6.10 Å². The average Bonchev–Trinajstić information content (AvgIpc) is 2.12. The van der Waals surface area contributed by atoms with Crippen LogP contribution in [-0.2, 0) is 4.74 Å². The zero-order valence-electron chi connectivity index (χ0n) is 8.18. The van der Waals surface area contributed by atoms with Gasteiger partial charge in [0.25, 0.3) is 0 Å². The molecular formula is C11H17FO. The molecule has 0 bridgehead atoms. The molecule has 1 saturated carbocycles. The SMILES string of the molecule is C=C1CCC(OCF)C/C1=C/CC. The lowest BCUT2D eigenvalue weighted by atomic mass is 9.88. The number of hydrogen-bond donors (Lipinski definition) is 0. The molecule has 1 aliphatic rings. The molecule has 0 spiro atoms. The first-order valence-corrected chi connectivity index (χ1v) is 4.82. The molecule has 0 heterocycles. The summed E-state index contributed by atoms with van der Waals surface area (Å²) >= 11 is 0. The van der Waals surface area contributed by atoms with E-state index in [9.17, 15) is 4.39 Å². The predicted molar refractivity (Wildman–Crippen MR) is 52.2 cm³/mol. The summed E-state index contributed by atoms with van der Waals surface area (Å²) in [7, 11) is 0. The Balaban J connectivity index is 2.53. The lowest BCUT2D eigenvalue weighted by Gasteiger charge is -2.25. The number of ether oxygens (including phenoxy) is 1. The van der Waals surface area contributed by atoms with Crippen LogP contribution in [0.2, 0.25) is 0 Å². The van der Waals surface area contributed by atoms with Crippen LogP contribution in [0.3, 0.4) is 0 Å². The Labute approximate surface area is 79.3 Å². The Morgan fingerprint density at radius 3 is 3.08 bits per heavy atom. The van der Waals surface area contributed by atoms with Gasteiger partial charge in [0.15, 0.2) is 6.86 Å². The van der Waals surface area contributed by atoms with Gasteiger partial charge in [-0.25, -0.2) is 4.39 Å². The lowest BCUT2D eigenvalue weighted by molar-refractivity contribution is -0.0105. The molecule has 0 N–H and O–H groups in total. The van der Waals surface area contributed by atoms with E-state index in [0.29, 0.717) is 0 Å². The topological polar surface area (TPSA) is 9.23 Å². The molecule has 1 aliphatic carbocycles. The molecule has 1 nitrogen and oxygen atoms in total. The third kappa shape index (κ3) is 2.96. The number of hydrogen-bond acceptors (Lipinski definition) is 1. The van der Waals surface area contributed by atoms with E-state index in [1.54, 1.807) is 0 Å². The summed E-state index contributed by atoms with van der Waals surface area (Å²) in [5, 5.41) is 0. The molecule has 0 aromatic carbocycles. The number of allylic oxidation sites excluding steroid dienone is 2. The molecule has 1 unspecified atom stereocenters. The zero-order valence-corrected chi connectivity index (χ0v) is 8.18. The number of halogens is 1. The normalized spacial score (nSPS) is 26.8. The average molecular weight is 184 g/mol. The van der Waals surface area contributed by atoms with E-state index in [4.69, 9.17) is 4.74 Å². The van der Waals surface area contributed by atoms with Crippen molar-refractivity contribution in [2.45, 2.75) is 38.7 Å². The summed E-state index contributed by atoms with van der Waals surface area (Å²) in [5.74, 6) is 0. The maximum absolute atomic E-state index is 11.9. The van der Waals surface area contributed by atoms with Crippen molar-refractivity contribution in [2.75, 3.05) is 6.86 Å². The second-order valence-corrected chi connectivity index (χ2v) is 3.38. The summed E-state index contributed by atoms with van der Waals surface area (Å²) in [5.41, 5.74) is 2.45. The third-order valence-electron chi connectivity index (χ3n) is 2.42. The Morgan fingerprint density at radius 2 is 2.46 bits per heavy atom. The first-order valence-electron chi connectivity index (χ1n) is 4.82. The molecule has 0 amide bonds. The van der Waals surface area contributed by atoms with Crippen molar-refractivity contribution in [3.05, 3.63) is 23.8 Å². The maximum atomic E-state index is 11.9. The molecule has 1 rings (SSSR count). The van der Waals surface area contributed by atoms with Crippen LogP contribution < -0.4 is 0 Å². The van der Waals surface area contributed by atoms with E-state index in [1.807, 2.05) is 0 Å². The van der Waals surface area contributed by atoms with Crippen LogP contribution in [0, 0.1) is 0 Å². The highest BCUT2D eigenvalue weighted by molar-refractivity contribution is 5.31. The molecule has 13 heavy (non-hydrogen) atoms. The van der Waals surface area contributed by atoms with Crippen LogP contribution in [0.25, 0.3) is 0 Å². The molecule has 0 radical (unpaired) electrons. The fraction of sp³-hybridized carbons (Fsp3) is 0.636.